The second-order valence-electron chi connectivity index (χ2n) is 6.83. The molecule has 0 spiro atoms. The first kappa shape index (κ1) is 15.3. The molecule has 1 N–H and O–H groups in total. The molecule has 3 aliphatic rings. The summed E-state index contributed by atoms with van der Waals surface area (Å²) in [6.07, 6.45) is 6.68. The van der Waals surface area contributed by atoms with Crippen LogP contribution in [0.2, 0.25) is 0 Å². The number of carbonyl (C=O) groups is 1. The third-order valence-corrected chi connectivity index (χ3v) is 7.11. The van der Waals surface area contributed by atoms with Gasteiger partial charge in [0, 0.05) is 19.1 Å². The van der Waals surface area contributed by atoms with Crippen molar-refractivity contribution in [1.29, 1.82) is 0 Å². The Bertz CT molecular complexity index is 481. The number of nitrogens with one attached hydrogen (secondary N) is 1. The molecule has 0 aromatic heterocycles. The summed E-state index contributed by atoms with van der Waals surface area (Å²) in [6, 6.07) is 0.346. The van der Waals surface area contributed by atoms with Crippen molar-refractivity contribution in [3.05, 3.63) is 0 Å². The zero-order valence-electron chi connectivity index (χ0n) is 12.6. The minimum Gasteiger partial charge on any atom is -0.340 e. The van der Waals surface area contributed by atoms with Gasteiger partial charge in [-0.25, -0.2) is 8.42 Å². The maximum Gasteiger partial charge on any atom is 0.240 e. The third kappa shape index (κ3) is 3.77. The van der Waals surface area contributed by atoms with Gasteiger partial charge < -0.3 is 10.2 Å². The molecule has 2 atom stereocenters. The second-order valence-corrected chi connectivity index (χ2v) is 9.13. The van der Waals surface area contributed by atoms with Crippen molar-refractivity contribution in [3.8, 4) is 0 Å². The van der Waals surface area contributed by atoms with Crippen molar-refractivity contribution in [2.45, 2.75) is 56.2 Å². The molecule has 0 aromatic rings. The maximum absolute atomic E-state index is 12.8. The molecule has 2 aliphatic heterocycles. The molecule has 6 heteroatoms. The lowest BCUT2D eigenvalue weighted by molar-refractivity contribution is -0.131. The highest BCUT2D eigenvalue weighted by molar-refractivity contribution is 7.92. The van der Waals surface area contributed by atoms with Gasteiger partial charge in [0.15, 0.2) is 9.84 Å². The van der Waals surface area contributed by atoms with E-state index >= 15 is 0 Å². The lowest BCUT2D eigenvalue weighted by Gasteiger charge is -2.31. The van der Waals surface area contributed by atoms with Crippen LogP contribution in [0.3, 0.4) is 0 Å². The predicted molar refractivity (Wildman–Crippen MR) is 81.8 cm³/mol. The summed E-state index contributed by atoms with van der Waals surface area (Å²) < 4.78 is 24.4. The molecular formula is C15H26N2O3S. The predicted octanol–water partition coefficient (Wildman–Crippen LogP) is 0.944. The third-order valence-electron chi connectivity index (χ3n) is 4.94. The Morgan fingerprint density at radius 2 is 1.86 bits per heavy atom. The van der Waals surface area contributed by atoms with Gasteiger partial charge in [-0.05, 0) is 51.0 Å². The van der Waals surface area contributed by atoms with Crippen LogP contribution in [-0.2, 0) is 14.6 Å². The van der Waals surface area contributed by atoms with Crippen LogP contribution in [0.25, 0.3) is 0 Å². The monoisotopic (exact) mass is 314 g/mol. The van der Waals surface area contributed by atoms with Gasteiger partial charge >= 0.3 is 0 Å². The summed E-state index contributed by atoms with van der Waals surface area (Å²) in [4.78, 5) is 14.6. The lowest BCUT2D eigenvalue weighted by atomic mass is 10.1. The Hall–Kier alpha value is -0.620. The van der Waals surface area contributed by atoms with E-state index in [4.69, 9.17) is 0 Å². The number of sulfone groups is 1. The van der Waals surface area contributed by atoms with Gasteiger partial charge in [-0.15, -0.1) is 0 Å². The molecule has 0 radical (unpaired) electrons. The first-order chi connectivity index (χ1) is 10.1. The smallest absolute Gasteiger partial charge is 0.240 e. The molecule has 3 fully saturated rings. The number of rotatable bonds is 5. The Morgan fingerprint density at radius 3 is 2.48 bits per heavy atom. The van der Waals surface area contributed by atoms with E-state index < -0.39 is 15.1 Å². The molecule has 2 saturated heterocycles. The Morgan fingerprint density at radius 1 is 1.05 bits per heavy atom. The largest absolute Gasteiger partial charge is 0.340 e. The van der Waals surface area contributed by atoms with E-state index in [-0.39, 0.29) is 11.7 Å². The normalized spacial score (nSPS) is 32.0. The number of hydrogen-bond donors (Lipinski definition) is 1. The van der Waals surface area contributed by atoms with E-state index in [2.05, 4.69) is 5.32 Å². The number of amides is 1. The lowest BCUT2D eigenvalue weighted by Crippen LogP contribution is -2.49. The van der Waals surface area contributed by atoms with E-state index in [1.165, 1.54) is 12.8 Å². The van der Waals surface area contributed by atoms with Crippen LogP contribution in [0.4, 0.5) is 0 Å². The second kappa shape index (κ2) is 6.24. The molecule has 2 heterocycles. The van der Waals surface area contributed by atoms with E-state index in [0.29, 0.717) is 31.3 Å². The van der Waals surface area contributed by atoms with Gasteiger partial charge in [-0.1, -0.05) is 6.42 Å². The van der Waals surface area contributed by atoms with Crippen molar-refractivity contribution in [3.63, 3.8) is 0 Å². The zero-order chi connectivity index (χ0) is 14.9. The minimum absolute atomic E-state index is 0.129. The first-order valence-corrected chi connectivity index (χ1v) is 10.0. The quantitative estimate of drug-likeness (QED) is 0.820. The van der Waals surface area contributed by atoms with Crippen LogP contribution in [-0.4, -0.2) is 55.9 Å². The molecule has 2 unspecified atom stereocenters. The Kier molecular flexibility index (Phi) is 4.54. The van der Waals surface area contributed by atoms with Crippen molar-refractivity contribution < 1.29 is 13.2 Å². The number of carbonyl (C=O) groups excluding carboxylic acids is 1. The van der Waals surface area contributed by atoms with Crippen LogP contribution < -0.4 is 5.32 Å². The van der Waals surface area contributed by atoms with Crippen LogP contribution >= 0.6 is 0 Å². The molecule has 3 rings (SSSR count). The van der Waals surface area contributed by atoms with E-state index in [0.717, 1.165) is 32.4 Å². The van der Waals surface area contributed by atoms with Crippen molar-refractivity contribution in [2.24, 2.45) is 5.92 Å². The minimum atomic E-state index is -3.23. The van der Waals surface area contributed by atoms with Gasteiger partial charge in [0.05, 0.1) is 5.75 Å². The summed E-state index contributed by atoms with van der Waals surface area (Å²) in [5, 5.41) is 2.64. The van der Waals surface area contributed by atoms with Crippen LogP contribution in [0.5, 0.6) is 0 Å². The highest BCUT2D eigenvalue weighted by atomic mass is 32.2. The molecule has 21 heavy (non-hydrogen) atoms. The van der Waals surface area contributed by atoms with Crippen LogP contribution in [0, 0.1) is 5.92 Å². The standard InChI is InChI=1S/C15H26N2O3S/c18-15(14-5-1-2-9-21(14,19)20)17(10-12-6-7-12)11-13-4-3-8-16-13/h12-14,16H,1-11H2. The molecule has 120 valence electrons. The first-order valence-electron chi connectivity index (χ1n) is 8.30. The van der Waals surface area contributed by atoms with E-state index in [9.17, 15) is 13.2 Å². The fourth-order valence-electron chi connectivity index (χ4n) is 3.48. The average molecular weight is 314 g/mol. The maximum atomic E-state index is 12.8. The molecular weight excluding hydrogens is 288 g/mol. The fourth-order valence-corrected chi connectivity index (χ4v) is 5.35. The molecule has 1 saturated carbocycles. The van der Waals surface area contributed by atoms with Crippen molar-refractivity contribution in [2.75, 3.05) is 25.4 Å². The molecule has 5 nitrogen and oxygen atoms in total. The highest BCUT2D eigenvalue weighted by Crippen LogP contribution is 2.31. The topological polar surface area (TPSA) is 66.5 Å². The average Bonchev–Trinajstić information content (AvgIpc) is 3.10. The summed E-state index contributed by atoms with van der Waals surface area (Å²) >= 11 is 0. The molecule has 1 amide bonds. The number of hydrogen-bond acceptors (Lipinski definition) is 4. The Labute approximate surface area is 127 Å². The highest BCUT2D eigenvalue weighted by Gasteiger charge is 2.39. The van der Waals surface area contributed by atoms with Gasteiger partial charge in [0.1, 0.15) is 5.25 Å². The van der Waals surface area contributed by atoms with E-state index in [1.807, 2.05) is 4.90 Å². The van der Waals surface area contributed by atoms with Gasteiger partial charge in [-0.3, -0.25) is 4.79 Å². The summed E-state index contributed by atoms with van der Waals surface area (Å²) in [7, 11) is -3.23. The van der Waals surface area contributed by atoms with Gasteiger partial charge in [0.25, 0.3) is 0 Å². The fraction of sp³-hybridized carbons (Fsp3) is 0.933. The molecule has 1 aliphatic carbocycles. The summed E-state index contributed by atoms with van der Waals surface area (Å²) in [5.41, 5.74) is 0. The van der Waals surface area contributed by atoms with Gasteiger partial charge in [0.2, 0.25) is 5.91 Å². The van der Waals surface area contributed by atoms with E-state index in [1.54, 1.807) is 0 Å². The van der Waals surface area contributed by atoms with Crippen molar-refractivity contribution in [1.82, 2.24) is 10.2 Å². The molecule has 0 bridgehead atoms. The SMILES string of the molecule is O=C(C1CCCCS1(=O)=O)N(CC1CC1)CC1CCCN1. The summed E-state index contributed by atoms with van der Waals surface area (Å²) in [5.74, 6) is 0.652. The molecule has 0 aromatic carbocycles. The summed E-state index contributed by atoms with van der Waals surface area (Å²) in [6.45, 7) is 2.45. The Balaban J connectivity index is 1.69. The zero-order valence-corrected chi connectivity index (χ0v) is 13.4. The van der Waals surface area contributed by atoms with Crippen molar-refractivity contribution >= 4 is 15.7 Å². The van der Waals surface area contributed by atoms with Crippen LogP contribution in [0.1, 0.15) is 44.9 Å². The van der Waals surface area contributed by atoms with Crippen LogP contribution in [0.15, 0.2) is 0 Å². The number of nitrogens with zero attached hydrogens (tertiary/aromatic N) is 1. The van der Waals surface area contributed by atoms with Gasteiger partial charge in [-0.2, -0.15) is 0 Å².